The summed E-state index contributed by atoms with van der Waals surface area (Å²) in [5.41, 5.74) is 0. The maximum absolute atomic E-state index is 6.88. The van der Waals surface area contributed by atoms with E-state index in [4.69, 9.17) is 21.2 Å². The molecule has 0 heterocycles. The second-order valence-corrected chi connectivity index (χ2v) is 39.7. The van der Waals surface area contributed by atoms with E-state index in [1.807, 2.05) is 0 Å². The molecule has 0 saturated carbocycles. The molecule has 0 saturated heterocycles. The summed E-state index contributed by atoms with van der Waals surface area (Å²) >= 11 is 0. The first-order valence-electron chi connectivity index (χ1n) is 10.4. The molecule has 5 nitrogen and oxygen atoms in total. The van der Waals surface area contributed by atoms with E-state index >= 15 is 0 Å². The Kier molecular flexibility index (Phi) is 11.3. The quantitative estimate of drug-likeness (QED) is 0.276. The molecule has 0 aliphatic heterocycles. The highest BCUT2D eigenvalue weighted by atomic mass is 29.2. The van der Waals surface area contributed by atoms with E-state index in [2.05, 4.69) is 85.5 Å². The SMILES string of the molecule is CC(C[Si](O[Si](C)(C)C)(O[Si](C)(C)C)[SiH2]O[SiH3])C(O[Si](C)(C)C)O[Si](C)(C)C. The minimum absolute atomic E-state index is 0.177. The molecular formula is C16H48O5Si7. The van der Waals surface area contributed by atoms with Gasteiger partial charge in [-0.15, -0.1) is 0 Å². The fraction of sp³-hybridized carbons (Fsp3) is 1.00. The molecule has 0 aromatic carbocycles. The highest BCUT2D eigenvalue weighted by Crippen LogP contribution is 2.31. The Bertz CT molecular complexity index is 434. The minimum atomic E-state index is -2.40. The van der Waals surface area contributed by atoms with Crippen LogP contribution in [0.15, 0.2) is 0 Å². The van der Waals surface area contributed by atoms with Gasteiger partial charge in [0.1, 0.15) is 16.8 Å². The highest BCUT2D eigenvalue weighted by molar-refractivity contribution is 7.20. The van der Waals surface area contributed by atoms with Gasteiger partial charge in [0.2, 0.25) is 0 Å². The molecule has 0 N–H and O–H groups in total. The molecule has 1 unspecified atom stereocenters. The van der Waals surface area contributed by atoms with E-state index in [1.165, 1.54) is 0 Å². The summed E-state index contributed by atoms with van der Waals surface area (Å²) in [5, 5.41) is 0. The smallest absolute Gasteiger partial charge is 0.320 e. The van der Waals surface area contributed by atoms with Crippen LogP contribution in [0.3, 0.4) is 0 Å². The maximum atomic E-state index is 6.88. The summed E-state index contributed by atoms with van der Waals surface area (Å²) in [6.45, 7) is 29.3. The van der Waals surface area contributed by atoms with E-state index in [1.54, 1.807) is 0 Å². The Balaban J connectivity index is 5.85. The molecular weight excluding hydrogens is 469 g/mol. The van der Waals surface area contributed by atoms with Gasteiger partial charge in [-0.1, -0.05) is 6.92 Å². The first-order valence-corrected chi connectivity index (χ1v) is 29.8. The van der Waals surface area contributed by atoms with Gasteiger partial charge in [-0.25, -0.2) is 0 Å². The third-order valence-electron chi connectivity index (χ3n) is 3.39. The van der Waals surface area contributed by atoms with Crippen LogP contribution in [0.25, 0.3) is 0 Å². The zero-order chi connectivity index (χ0) is 22.6. The van der Waals surface area contributed by atoms with Gasteiger partial charge < -0.3 is 21.2 Å². The van der Waals surface area contributed by atoms with Crippen LogP contribution in [0.5, 0.6) is 0 Å². The van der Waals surface area contributed by atoms with Crippen LogP contribution in [-0.4, -0.2) is 67.4 Å². The lowest BCUT2D eigenvalue weighted by Crippen LogP contribution is -2.61. The molecule has 1 atom stereocenters. The monoisotopic (exact) mass is 516 g/mol. The van der Waals surface area contributed by atoms with Gasteiger partial charge in [0.15, 0.2) is 42.6 Å². The molecule has 0 amide bonds. The maximum Gasteiger partial charge on any atom is 0.320 e. The molecule has 0 aromatic heterocycles. The van der Waals surface area contributed by atoms with E-state index < -0.39 is 50.6 Å². The Morgan fingerprint density at radius 3 is 1.29 bits per heavy atom. The first kappa shape index (κ1) is 29.3. The minimum Gasteiger partial charge on any atom is -0.466 e. The van der Waals surface area contributed by atoms with Crippen LogP contribution >= 0.6 is 0 Å². The Labute approximate surface area is 185 Å². The van der Waals surface area contributed by atoms with Crippen molar-refractivity contribution in [2.45, 2.75) is 97.8 Å². The molecule has 0 spiro atoms. The summed E-state index contributed by atoms with van der Waals surface area (Å²) in [6.07, 6.45) is -0.177. The molecule has 0 radical (unpaired) electrons. The van der Waals surface area contributed by atoms with Crippen molar-refractivity contribution in [2.75, 3.05) is 0 Å². The van der Waals surface area contributed by atoms with Crippen LogP contribution in [0.1, 0.15) is 6.92 Å². The van der Waals surface area contributed by atoms with Crippen molar-refractivity contribution in [1.82, 2.24) is 0 Å². The van der Waals surface area contributed by atoms with Crippen molar-refractivity contribution < 1.29 is 21.2 Å². The molecule has 0 aromatic rings. The standard InChI is InChI=1S/C16H48O5Si7/c1-15(16(17-24(2,3)4)18-25(5,6)7)14-28(23-19-22,20-26(8,9)10)21-27(11,12)13/h15-16H,14,23H2,1-13,22H3. The van der Waals surface area contributed by atoms with E-state index in [-0.39, 0.29) is 12.2 Å². The average molecular weight is 517 g/mol. The number of rotatable bonds is 13. The highest BCUT2D eigenvalue weighted by Gasteiger charge is 2.47. The predicted octanol–water partition coefficient (Wildman–Crippen LogP) is 3.67. The third-order valence-corrected chi connectivity index (χ3v) is 23.4. The first-order chi connectivity index (χ1) is 12.2. The number of hydrogen-bond acceptors (Lipinski definition) is 5. The molecule has 0 aliphatic rings. The van der Waals surface area contributed by atoms with Gasteiger partial charge in [-0.2, -0.15) is 0 Å². The van der Waals surface area contributed by atoms with Crippen molar-refractivity contribution >= 4 is 61.1 Å². The fourth-order valence-corrected chi connectivity index (χ4v) is 33.3. The van der Waals surface area contributed by atoms with Gasteiger partial charge >= 0.3 is 8.08 Å². The van der Waals surface area contributed by atoms with Crippen molar-refractivity contribution in [3.8, 4) is 0 Å². The second-order valence-electron chi connectivity index (χ2n) is 11.8. The molecule has 0 aliphatic carbocycles. The normalized spacial score (nSPS) is 16.5. The lowest BCUT2D eigenvalue weighted by atomic mass is 10.2. The molecule has 12 heteroatoms. The van der Waals surface area contributed by atoms with Crippen molar-refractivity contribution in [3.05, 3.63) is 0 Å². The van der Waals surface area contributed by atoms with Gasteiger partial charge in [-0.05, 0) is 84.6 Å². The summed E-state index contributed by atoms with van der Waals surface area (Å²) in [6, 6.07) is 0.912. The van der Waals surface area contributed by atoms with Crippen molar-refractivity contribution in [1.29, 1.82) is 0 Å². The van der Waals surface area contributed by atoms with Crippen LogP contribution < -0.4 is 0 Å². The summed E-state index contributed by atoms with van der Waals surface area (Å²) in [7, 11) is -9.48. The summed E-state index contributed by atoms with van der Waals surface area (Å²) < 4.78 is 32.8. The third kappa shape index (κ3) is 14.3. The topological polar surface area (TPSA) is 46.2 Å². The van der Waals surface area contributed by atoms with Crippen molar-refractivity contribution in [2.24, 2.45) is 5.92 Å². The molecule has 28 heavy (non-hydrogen) atoms. The van der Waals surface area contributed by atoms with Crippen LogP contribution in [0.4, 0.5) is 0 Å². The Morgan fingerprint density at radius 2 is 1.04 bits per heavy atom. The van der Waals surface area contributed by atoms with Crippen molar-refractivity contribution in [3.63, 3.8) is 0 Å². The lowest BCUT2D eigenvalue weighted by Gasteiger charge is -2.43. The molecule has 170 valence electrons. The van der Waals surface area contributed by atoms with E-state index in [0.29, 0.717) is 0 Å². The van der Waals surface area contributed by atoms with Crippen LogP contribution in [0.2, 0.25) is 84.6 Å². The van der Waals surface area contributed by atoms with Crippen LogP contribution in [-0.2, 0) is 21.2 Å². The lowest BCUT2D eigenvalue weighted by molar-refractivity contribution is -0.0439. The Morgan fingerprint density at radius 1 is 0.679 bits per heavy atom. The summed E-state index contributed by atoms with van der Waals surface area (Å²) in [5.74, 6) is 0.238. The Hall–Kier alpha value is 1.32. The summed E-state index contributed by atoms with van der Waals surface area (Å²) in [4.78, 5) is 0. The predicted molar refractivity (Wildman–Crippen MR) is 141 cm³/mol. The van der Waals surface area contributed by atoms with Gasteiger partial charge in [-0.3, -0.25) is 0 Å². The molecule has 0 bridgehead atoms. The molecule has 0 rings (SSSR count). The van der Waals surface area contributed by atoms with Crippen LogP contribution in [0, 0.1) is 5.92 Å². The molecule has 0 fully saturated rings. The van der Waals surface area contributed by atoms with Gasteiger partial charge in [0.25, 0.3) is 0 Å². The zero-order valence-electron chi connectivity index (χ0n) is 21.1. The van der Waals surface area contributed by atoms with Gasteiger partial charge in [0.05, 0.1) is 0 Å². The second kappa shape index (κ2) is 10.8. The largest absolute Gasteiger partial charge is 0.466 e. The average Bonchev–Trinajstić information content (AvgIpc) is 2.29. The van der Waals surface area contributed by atoms with E-state index in [9.17, 15) is 0 Å². The zero-order valence-corrected chi connectivity index (χ0v) is 29.5. The van der Waals surface area contributed by atoms with E-state index in [0.717, 1.165) is 16.5 Å². The number of hydrogen-bond donors (Lipinski definition) is 0. The van der Waals surface area contributed by atoms with Gasteiger partial charge in [0, 0.05) is 5.92 Å². The fourth-order valence-electron chi connectivity index (χ4n) is 3.10.